The molecular formula is C12H10Cl3N2O2+. The highest BCUT2D eigenvalue weighted by Gasteiger charge is 2.33. The SMILES string of the molecule is O[n+]1cc(Cl)c(-c2noc(C3CC3)c2CCl)c(Cl)c1. The number of hydrogen-bond acceptors (Lipinski definition) is 3. The molecule has 0 radical (unpaired) electrons. The van der Waals surface area contributed by atoms with Crippen molar-refractivity contribution in [2.24, 2.45) is 0 Å². The lowest BCUT2D eigenvalue weighted by Gasteiger charge is -2.02. The van der Waals surface area contributed by atoms with Crippen LogP contribution in [0.3, 0.4) is 0 Å². The first-order valence-electron chi connectivity index (χ1n) is 5.76. The first kappa shape index (κ1) is 13.0. The lowest BCUT2D eigenvalue weighted by atomic mass is 10.1. The van der Waals surface area contributed by atoms with Gasteiger partial charge in [-0.25, -0.2) is 0 Å². The van der Waals surface area contributed by atoms with Crippen molar-refractivity contribution in [1.82, 2.24) is 5.16 Å². The Hall–Kier alpha value is -0.970. The summed E-state index contributed by atoms with van der Waals surface area (Å²) in [7, 11) is 0. The minimum absolute atomic E-state index is 0.283. The first-order chi connectivity index (χ1) is 9.11. The van der Waals surface area contributed by atoms with Crippen LogP contribution in [0.2, 0.25) is 10.0 Å². The number of alkyl halides is 1. The predicted molar refractivity (Wildman–Crippen MR) is 70.9 cm³/mol. The highest BCUT2D eigenvalue weighted by Crippen LogP contribution is 2.45. The van der Waals surface area contributed by atoms with Gasteiger partial charge >= 0.3 is 0 Å². The molecule has 2 aromatic rings. The minimum Gasteiger partial charge on any atom is -0.360 e. The summed E-state index contributed by atoms with van der Waals surface area (Å²) in [4.78, 5) is 0. The zero-order chi connectivity index (χ0) is 13.6. The van der Waals surface area contributed by atoms with Gasteiger partial charge in [0, 0.05) is 16.2 Å². The molecule has 0 unspecified atom stereocenters. The molecule has 0 amide bonds. The summed E-state index contributed by atoms with van der Waals surface area (Å²) in [5.41, 5.74) is 1.90. The van der Waals surface area contributed by atoms with Gasteiger partial charge in [-0.15, -0.1) is 11.6 Å². The normalized spacial score (nSPS) is 14.9. The fraction of sp³-hybridized carbons (Fsp3) is 0.333. The largest absolute Gasteiger partial charge is 0.360 e. The van der Waals surface area contributed by atoms with Gasteiger partial charge in [-0.05, 0) is 12.8 Å². The van der Waals surface area contributed by atoms with Crippen molar-refractivity contribution in [2.45, 2.75) is 24.6 Å². The van der Waals surface area contributed by atoms with Crippen LogP contribution in [0.4, 0.5) is 0 Å². The third-order valence-corrected chi connectivity index (χ3v) is 3.95. The lowest BCUT2D eigenvalue weighted by molar-refractivity contribution is -0.904. The maximum absolute atomic E-state index is 9.37. The minimum atomic E-state index is 0.283. The molecule has 3 rings (SSSR count). The van der Waals surface area contributed by atoms with Crippen LogP contribution in [0.1, 0.15) is 30.1 Å². The summed E-state index contributed by atoms with van der Waals surface area (Å²) in [6, 6.07) is 0. The average molecular weight is 321 g/mol. The van der Waals surface area contributed by atoms with Gasteiger partial charge in [0.25, 0.3) is 0 Å². The van der Waals surface area contributed by atoms with Gasteiger partial charge in [0.2, 0.25) is 12.4 Å². The standard InChI is InChI=1S/C12H10Cl3N2O2/c13-3-7-11(16-19-12(7)6-1-2-6)10-8(14)4-17(18)5-9(10)15/h4-6,18H,1-3H2/q+1. The van der Waals surface area contributed by atoms with Crippen LogP contribution < -0.4 is 4.73 Å². The first-order valence-corrected chi connectivity index (χ1v) is 7.05. The van der Waals surface area contributed by atoms with E-state index in [-0.39, 0.29) is 15.9 Å². The molecule has 1 aliphatic rings. The van der Waals surface area contributed by atoms with Crippen LogP contribution in [-0.2, 0) is 5.88 Å². The van der Waals surface area contributed by atoms with Crippen molar-refractivity contribution in [3.63, 3.8) is 0 Å². The van der Waals surface area contributed by atoms with Gasteiger partial charge < -0.3 is 4.52 Å². The molecule has 1 N–H and O–H groups in total. The van der Waals surface area contributed by atoms with Crippen molar-refractivity contribution in [3.05, 3.63) is 33.8 Å². The summed E-state index contributed by atoms with van der Waals surface area (Å²) in [6.07, 6.45) is 4.86. The number of hydrogen-bond donors (Lipinski definition) is 1. The topological polar surface area (TPSA) is 50.1 Å². The molecule has 0 atom stereocenters. The van der Waals surface area contributed by atoms with E-state index in [1.54, 1.807) is 0 Å². The predicted octanol–water partition coefficient (Wildman–Crippen LogP) is 3.79. The molecule has 1 fully saturated rings. The summed E-state index contributed by atoms with van der Waals surface area (Å²) < 4.78 is 6.19. The van der Waals surface area contributed by atoms with Crippen LogP contribution >= 0.6 is 34.8 Å². The van der Waals surface area contributed by atoms with Crippen LogP contribution in [0, 0.1) is 0 Å². The van der Waals surface area contributed by atoms with Crippen LogP contribution in [0.15, 0.2) is 16.9 Å². The van der Waals surface area contributed by atoms with E-state index in [2.05, 4.69) is 5.16 Å². The van der Waals surface area contributed by atoms with Crippen LogP contribution in [-0.4, -0.2) is 10.4 Å². The van der Waals surface area contributed by atoms with Crippen molar-refractivity contribution in [1.29, 1.82) is 0 Å². The fourth-order valence-corrected chi connectivity index (χ4v) is 2.94. The molecule has 0 aromatic carbocycles. The van der Waals surface area contributed by atoms with E-state index in [0.717, 1.165) is 28.9 Å². The summed E-state index contributed by atoms with van der Waals surface area (Å²) in [5.74, 6) is 1.50. The van der Waals surface area contributed by atoms with E-state index in [0.29, 0.717) is 17.2 Å². The molecule has 4 nitrogen and oxygen atoms in total. The molecule has 1 saturated carbocycles. The smallest absolute Gasteiger partial charge is 0.241 e. The Balaban J connectivity index is 2.17. The molecular weight excluding hydrogens is 311 g/mol. The average Bonchev–Trinajstić information content (AvgIpc) is 3.09. The number of nitrogens with zero attached hydrogens (tertiary/aromatic N) is 2. The zero-order valence-electron chi connectivity index (χ0n) is 9.74. The second kappa shape index (κ2) is 4.85. The van der Waals surface area contributed by atoms with Crippen LogP contribution in [0.5, 0.6) is 0 Å². The zero-order valence-corrected chi connectivity index (χ0v) is 12.0. The maximum Gasteiger partial charge on any atom is 0.241 e. The molecule has 0 saturated heterocycles. The van der Waals surface area contributed by atoms with Gasteiger partial charge in [-0.2, -0.15) is 0 Å². The van der Waals surface area contributed by atoms with Gasteiger partial charge in [0.05, 0.1) is 11.4 Å². The lowest BCUT2D eigenvalue weighted by Crippen LogP contribution is -2.28. The van der Waals surface area contributed by atoms with Crippen molar-refractivity contribution in [3.8, 4) is 11.3 Å². The summed E-state index contributed by atoms with van der Waals surface area (Å²) >= 11 is 18.2. The Morgan fingerprint density at radius 3 is 2.47 bits per heavy atom. The molecule has 7 heteroatoms. The molecule has 100 valence electrons. The Bertz CT molecular complexity index is 615. The maximum atomic E-state index is 9.37. The third kappa shape index (κ3) is 2.29. The number of rotatable bonds is 3. The third-order valence-electron chi connectivity index (χ3n) is 3.11. The van der Waals surface area contributed by atoms with Gasteiger partial charge in [-0.1, -0.05) is 28.4 Å². The van der Waals surface area contributed by atoms with Gasteiger partial charge in [-0.3, -0.25) is 5.21 Å². The Kier molecular flexibility index (Phi) is 3.33. The van der Waals surface area contributed by atoms with E-state index < -0.39 is 0 Å². The molecule has 0 bridgehead atoms. The van der Waals surface area contributed by atoms with Gasteiger partial charge in [0.1, 0.15) is 21.5 Å². The van der Waals surface area contributed by atoms with E-state index >= 15 is 0 Å². The highest BCUT2D eigenvalue weighted by molar-refractivity contribution is 6.38. The number of pyridine rings is 1. The molecule has 1 aliphatic carbocycles. The molecule has 0 spiro atoms. The van der Waals surface area contributed by atoms with Crippen LogP contribution in [0.25, 0.3) is 11.3 Å². The number of aromatic nitrogens is 2. The van der Waals surface area contributed by atoms with E-state index in [1.807, 2.05) is 0 Å². The Labute approximate surface area is 124 Å². The molecule has 0 aliphatic heterocycles. The summed E-state index contributed by atoms with van der Waals surface area (Å²) in [6.45, 7) is 0. The molecule has 2 aromatic heterocycles. The second-order valence-corrected chi connectivity index (χ2v) is 5.57. The van der Waals surface area contributed by atoms with E-state index in [1.165, 1.54) is 12.4 Å². The molecule has 19 heavy (non-hydrogen) atoms. The Morgan fingerprint density at radius 1 is 1.32 bits per heavy atom. The number of halogens is 3. The summed E-state index contributed by atoms with van der Waals surface area (Å²) in [5, 5.41) is 14.0. The van der Waals surface area contributed by atoms with Gasteiger partial charge in [0.15, 0.2) is 0 Å². The van der Waals surface area contributed by atoms with E-state index in [9.17, 15) is 5.21 Å². The Morgan fingerprint density at radius 2 is 1.95 bits per heavy atom. The second-order valence-electron chi connectivity index (χ2n) is 4.49. The van der Waals surface area contributed by atoms with Crippen molar-refractivity contribution < 1.29 is 14.5 Å². The van der Waals surface area contributed by atoms with Crippen molar-refractivity contribution >= 4 is 34.8 Å². The molecule has 2 heterocycles. The van der Waals surface area contributed by atoms with E-state index in [4.69, 9.17) is 39.3 Å². The fourth-order valence-electron chi connectivity index (χ4n) is 2.05. The monoisotopic (exact) mass is 319 g/mol. The highest BCUT2D eigenvalue weighted by atomic mass is 35.5. The van der Waals surface area contributed by atoms with Crippen molar-refractivity contribution in [2.75, 3.05) is 0 Å². The quantitative estimate of drug-likeness (QED) is 0.532.